The molecule has 2 amide bonds. The molecule has 9 rings (SSSR count). The van der Waals surface area contributed by atoms with Crippen molar-refractivity contribution in [2.45, 2.75) is 133 Å². The number of amidine groups is 3. The minimum absolute atomic E-state index is 0.00838. The molecule has 21 nitrogen and oxygen atoms in total. The Balaban J connectivity index is 1.16. The number of hydrogen-bond acceptors (Lipinski definition) is 16. The minimum Gasteiger partial charge on any atom is -0.387 e. The molecule has 21 heteroatoms. The average Bonchev–Trinajstić information content (AvgIpc) is 1.54. The largest absolute Gasteiger partial charge is 0.387 e. The van der Waals surface area contributed by atoms with Crippen molar-refractivity contribution in [3.8, 4) is 0 Å². The number of nitrogens with two attached hydrogens (primary N) is 8. The van der Waals surface area contributed by atoms with Gasteiger partial charge >= 0.3 is 0 Å². The van der Waals surface area contributed by atoms with Crippen LogP contribution in [0.1, 0.15) is 141 Å². The van der Waals surface area contributed by atoms with Crippen LogP contribution in [0.4, 0.5) is 22.7 Å². The molecule has 6 atom stereocenters. The Morgan fingerprint density at radius 3 is 1.07 bits per heavy atom. The Labute approximate surface area is 515 Å². The van der Waals surface area contributed by atoms with Crippen LogP contribution >= 0.6 is 0 Å². The first-order valence-corrected chi connectivity index (χ1v) is 30.0. The van der Waals surface area contributed by atoms with Crippen LogP contribution in [0.25, 0.3) is 0 Å². The Kier molecular flexibility index (Phi) is 19.5. The topological polar surface area (TPSA) is 358 Å². The second-order valence-electron chi connectivity index (χ2n) is 24.1. The normalized spacial score (nSPS) is 19.9. The fraction of sp³-hybridized carbons (Fsp3) is 0.388. The van der Waals surface area contributed by atoms with Crippen LogP contribution in [0.3, 0.4) is 0 Å². The number of hydrogen-bond donors (Lipinski definition) is 11. The first-order chi connectivity index (χ1) is 42.0. The molecular formula is C67H87N15O6. The van der Waals surface area contributed by atoms with Crippen LogP contribution in [0.5, 0.6) is 0 Å². The molecule has 0 radical (unpaired) electrons. The molecule has 88 heavy (non-hydrogen) atoms. The van der Waals surface area contributed by atoms with Crippen molar-refractivity contribution in [1.82, 2.24) is 11.0 Å². The summed E-state index contributed by atoms with van der Waals surface area (Å²) >= 11 is 0. The molecule has 0 saturated heterocycles. The summed E-state index contributed by atoms with van der Waals surface area (Å²) in [6.07, 6.45) is 4.68. The first kappa shape index (κ1) is 64.4. The summed E-state index contributed by atoms with van der Waals surface area (Å²) in [7, 11) is 4.77. The number of amides is 2. The van der Waals surface area contributed by atoms with Crippen LogP contribution in [0.2, 0.25) is 0 Å². The van der Waals surface area contributed by atoms with Crippen molar-refractivity contribution in [3.05, 3.63) is 187 Å². The van der Waals surface area contributed by atoms with E-state index >= 15 is 0 Å². The van der Waals surface area contributed by atoms with Crippen LogP contribution in [-0.4, -0.2) is 88.2 Å². The number of carbonyl (C=O) groups is 2. The number of nitrogens with zero attached hydrogens (tertiary/aromatic N) is 4. The van der Waals surface area contributed by atoms with E-state index in [9.17, 15) is 15.0 Å². The van der Waals surface area contributed by atoms with E-state index in [1.807, 2.05) is 89.2 Å². The van der Waals surface area contributed by atoms with Gasteiger partial charge in [-0.05, 0) is 232 Å². The number of primary amides is 2. The van der Waals surface area contributed by atoms with Gasteiger partial charge in [0.05, 0.1) is 53.2 Å². The van der Waals surface area contributed by atoms with E-state index in [4.69, 9.17) is 75.2 Å². The summed E-state index contributed by atoms with van der Waals surface area (Å²) in [4.78, 5) is 58.6. The zero-order valence-corrected chi connectivity index (χ0v) is 51.8. The van der Waals surface area contributed by atoms with Crippen LogP contribution in [-0.2, 0) is 74.1 Å². The number of hydroxylamine groups is 2. The number of carbonyl (C=O) groups excluding carboxylic acids is 2. The zero-order chi connectivity index (χ0) is 63.4. The van der Waals surface area contributed by atoms with Gasteiger partial charge in [-0.15, -0.1) is 0 Å². The van der Waals surface area contributed by atoms with Gasteiger partial charge in [0.1, 0.15) is 31.0 Å². The van der Waals surface area contributed by atoms with E-state index in [2.05, 4.69) is 53.4 Å². The van der Waals surface area contributed by atoms with Gasteiger partial charge in [-0.3, -0.25) is 34.7 Å². The second kappa shape index (κ2) is 26.7. The number of anilines is 4. The van der Waals surface area contributed by atoms with Gasteiger partial charge in [-0.1, -0.05) is 36.4 Å². The fourth-order valence-electron chi connectivity index (χ4n) is 14.0. The predicted molar refractivity (Wildman–Crippen MR) is 348 cm³/mol. The Morgan fingerprint density at radius 1 is 0.489 bits per heavy atom. The molecular weight excluding hydrogens is 1110 g/mol. The van der Waals surface area contributed by atoms with Crippen molar-refractivity contribution in [3.63, 3.8) is 0 Å². The Hall–Kier alpha value is -8.09. The van der Waals surface area contributed by atoms with Gasteiger partial charge in [0.15, 0.2) is 0 Å². The summed E-state index contributed by atoms with van der Waals surface area (Å²) in [6.45, 7) is 9.82. The highest BCUT2D eigenvalue weighted by molar-refractivity contribution is 6.00. The second-order valence-corrected chi connectivity index (χ2v) is 24.1. The molecule has 466 valence electrons. The molecule has 0 fully saturated rings. The summed E-state index contributed by atoms with van der Waals surface area (Å²) in [5.74, 6) is -0.263. The van der Waals surface area contributed by atoms with Crippen molar-refractivity contribution in [2.24, 2.45) is 55.9 Å². The number of benzene rings is 6. The van der Waals surface area contributed by atoms with Crippen LogP contribution < -0.4 is 67.0 Å². The summed E-state index contributed by atoms with van der Waals surface area (Å²) in [6, 6.07) is 34.8. The first-order valence-electron chi connectivity index (χ1n) is 30.0. The minimum atomic E-state index is -1.10. The Bertz CT molecular complexity index is 3660. The van der Waals surface area contributed by atoms with Gasteiger partial charge in [0.2, 0.25) is 11.8 Å². The van der Waals surface area contributed by atoms with Crippen molar-refractivity contribution in [2.75, 3.05) is 44.9 Å². The van der Waals surface area contributed by atoms with E-state index < -0.39 is 28.1 Å². The maximum absolute atomic E-state index is 12.6. The van der Waals surface area contributed by atoms with Crippen LogP contribution in [0, 0.1) is 5.41 Å². The van der Waals surface area contributed by atoms with Gasteiger partial charge in [-0.25, -0.2) is 10.1 Å². The lowest BCUT2D eigenvalue weighted by molar-refractivity contribution is -0.00713. The molecule has 0 aromatic heterocycles. The monoisotopic (exact) mass is 1200 g/mol. The quantitative estimate of drug-likeness (QED) is 0.0104. The van der Waals surface area contributed by atoms with E-state index in [1.165, 1.54) is 14.2 Å². The number of aryl methyl sites for hydroxylation is 6. The molecule has 6 aromatic carbocycles. The van der Waals surface area contributed by atoms with E-state index in [-0.39, 0.29) is 43.5 Å². The molecule has 6 aromatic rings. The lowest BCUT2D eigenvalue weighted by Gasteiger charge is -2.39. The SMILES string of the molecule is CN=C(N)C1(C[C@@H](C)N)c2ccc(N(OCNOC)c3ccc4c(c3)CCc3cc(C(N)=O)ccc3C4(C[C@@H](C)N)C(=N)N)cc2CCc2cc(N(OCNOC)c3ccc4c(c3)CCc3cc(C(N)=O)ccc3C4(C[C@@H](C)N)C(N)=NC(C)C)ccc21. The van der Waals surface area contributed by atoms with Gasteiger partial charge < -0.3 is 55.5 Å². The molecule has 3 aliphatic carbocycles. The van der Waals surface area contributed by atoms with Gasteiger partial charge in [0, 0.05) is 42.3 Å². The standard InChI is InChI=1S/C67H87N15O6/c1-38(2)80-64(76)67(35-41(5)70)56-22-16-49(61(72)84)28-43(56)10-12-47-32-53(20-26-59(47)67)82(88-37-79-86-8)52-19-25-58-46(31-52)14-13-45-30-51(18-24-57(45)66(58,34-40(4)69)63(75)77-6)81(87-36-78-85-7)50-17-23-55-44(29-50)11-9-42-27-48(60(71)83)15-21-54(42)65(55,62(73)74)33-39(3)68/h15-32,38-41,78-79H,9-14,33-37,68-70H2,1-8H3,(H2,71,83)(H2,72,84)(H3,73,74)(H2,75,77)(H2,76,80)/t39-,40-,41-,65?,66?,67?/m1/s1. The lowest BCUT2D eigenvalue weighted by Crippen LogP contribution is -2.47. The average molecular weight is 1200 g/mol. The van der Waals surface area contributed by atoms with E-state index in [0.29, 0.717) is 92.0 Å². The van der Waals surface area contributed by atoms with Crippen LogP contribution in [0.15, 0.2) is 119 Å². The molecule has 3 aliphatic rings. The fourth-order valence-corrected chi connectivity index (χ4v) is 14.0. The third kappa shape index (κ3) is 12.3. The van der Waals surface area contributed by atoms with Crippen molar-refractivity contribution in [1.29, 1.82) is 5.41 Å². The molecule has 0 heterocycles. The zero-order valence-electron chi connectivity index (χ0n) is 51.8. The third-order valence-corrected chi connectivity index (χ3v) is 17.5. The maximum Gasteiger partial charge on any atom is 0.248 e. The van der Waals surface area contributed by atoms with E-state index in [0.717, 1.165) is 78.1 Å². The summed E-state index contributed by atoms with van der Waals surface area (Å²) < 4.78 is 0. The molecule has 0 bridgehead atoms. The van der Waals surface area contributed by atoms with Crippen molar-refractivity contribution >= 4 is 52.1 Å². The third-order valence-electron chi connectivity index (χ3n) is 17.5. The highest BCUT2D eigenvalue weighted by atomic mass is 16.7. The van der Waals surface area contributed by atoms with Crippen molar-refractivity contribution < 1.29 is 28.9 Å². The molecule has 3 unspecified atom stereocenters. The predicted octanol–water partition coefficient (Wildman–Crippen LogP) is 6.30. The lowest BCUT2D eigenvalue weighted by atomic mass is 9.67. The number of fused-ring (bicyclic) bond motifs is 6. The number of aliphatic imine (C=N–C) groups is 2. The Morgan fingerprint density at radius 2 is 0.784 bits per heavy atom. The smallest absolute Gasteiger partial charge is 0.248 e. The summed E-state index contributed by atoms with van der Waals surface area (Å²) in [5.41, 5.74) is 70.7. The number of rotatable bonds is 24. The number of nitrogens with one attached hydrogen (secondary N) is 3. The molecule has 0 spiro atoms. The van der Waals surface area contributed by atoms with Gasteiger partial charge in [-0.2, -0.15) is 11.0 Å². The molecule has 19 N–H and O–H groups in total. The molecule has 0 aliphatic heterocycles. The maximum atomic E-state index is 12.6. The highest BCUT2D eigenvalue weighted by Crippen LogP contribution is 2.50. The highest BCUT2D eigenvalue weighted by Gasteiger charge is 2.47. The van der Waals surface area contributed by atoms with E-state index in [1.54, 1.807) is 29.3 Å². The van der Waals surface area contributed by atoms with Gasteiger partial charge in [0.25, 0.3) is 0 Å². The summed E-state index contributed by atoms with van der Waals surface area (Å²) in [5, 5.41) is 12.8. The molecule has 0 saturated carbocycles.